The van der Waals surface area contributed by atoms with E-state index in [1.54, 1.807) is 0 Å². The highest BCUT2D eigenvalue weighted by Crippen LogP contribution is 2.32. The molecule has 2 aliphatic rings. The Kier molecular flexibility index (Phi) is 4.92. The molecule has 1 aliphatic carbocycles. The Morgan fingerprint density at radius 1 is 1.30 bits per heavy atom. The number of carbonyl (C=O) groups excluding carboxylic acids is 1. The van der Waals surface area contributed by atoms with Crippen molar-refractivity contribution in [2.75, 3.05) is 19.6 Å². The third kappa shape index (κ3) is 3.87. The van der Waals surface area contributed by atoms with Crippen molar-refractivity contribution in [2.45, 2.75) is 37.8 Å². The molecule has 1 saturated carbocycles. The molecule has 2 N–H and O–H groups in total. The van der Waals surface area contributed by atoms with Gasteiger partial charge in [0.2, 0.25) is 5.91 Å². The lowest BCUT2D eigenvalue weighted by Gasteiger charge is -2.27. The van der Waals surface area contributed by atoms with Crippen molar-refractivity contribution in [2.24, 2.45) is 5.92 Å². The van der Waals surface area contributed by atoms with E-state index in [4.69, 9.17) is 0 Å². The van der Waals surface area contributed by atoms with Gasteiger partial charge in [0.1, 0.15) is 0 Å². The third-order valence-electron chi connectivity index (χ3n) is 4.87. The summed E-state index contributed by atoms with van der Waals surface area (Å²) in [6.07, 6.45) is 3.42. The fraction of sp³-hybridized carbons (Fsp3) is 0.588. The molecule has 0 spiro atoms. The van der Waals surface area contributed by atoms with Crippen LogP contribution in [0, 0.1) is 17.6 Å². The second-order valence-corrected chi connectivity index (χ2v) is 6.61. The lowest BCUT2D eigenvalue weighted by Crippen LogP contribution is -2.40. The van der Waals surface area contributed by atoms with Crippen molar-refractivity contribution in [1.29, 1.82) is 0 Å². The minimum atomic E-state index is -0.904. The van der Waals surface area contributed by atoms with Crippen LogP contribution in [0.1, 0.15) is 37.3 Å². The Bertz CT molecular complexity index is 578. The number of nitrogens with zero attached hydrogens (tertiary/aromatic N) is 1. The molecule has 1 saturated heterocycles. The van der Waals surface area contributed by atoms with Crippen LogP contribution in [0.3, 0.4) is 0 Å². The lowest BCUT2D eigenvalue weighted by atomic mass is 9.85. The van der Waals surface area contributed by atoms with Crippen molar-refractivity contribution < 1.29 is 18.7 Å². The van der Waals surface area contributed by atoms with E-state index in [9.17, 15) is 18.7 Å². The van der Waals surface area contributed by atoms with Crippen LogP contribution in [0.4, 0.5) is 8.78 Å². The van der Waals surface area contributed by atoms with E-state index in [1.165, 1.54) is 25.3 Å². The van der Waals surface area contributed by atoms with E-state index in [0.717, 1.165) is 12.1 Å². The molecular weight excluding hydrogens is 302 g/mol. The monoisotopic (exact) mass is 324 g/mol. The highest BCUT2D eigenvalue weighted by Gasteiger charge is 2.33. The maximum absolute atomic E-state index is 13.4. The summed E-state index contributed by atoms with van der Waals surface area (Å²) in [6.45, 7) is 1.22. The van der Waals surface area contributed by atoms with Gasteiger partial charge in [-0.1, -0.05) is 12.5 Å². The second kappa shape index (κ2) is 6.93. The zero-order valence-electron chi connectivity index (χ0n) is 13.0. The third-order valence-corrected chi connectivity index (χ3v) is 4.87. The molecule has 0 bridgehead atoms. The molecule has 1 aromatic carbocycles. The lowest BCUT2D eigenvalue weighted by molar-refractivity contribution is -0.122. The van der Waals surface area contributed by atoms with Gasteiger partial charge in [-0.05, 0) is 42.9 Å². The Hall–Kier alpha value is -1.53. The number of hydrogen-bond acceptors (Lipinski definition) is 3. The molecule has 3 rings (SSSR count). The first-order valence-electron chi connectivity index (χ1n) is 8.16. The molecule has 4 nitrogen and oxygen atoms in total. The first kappa shape index (κ1) is 16.3. The number of carbonyl (C=O) groups is 1. The average molecular weight is 324 g/mol. The first-order valence-corrected chi connectivity index (χ1v) is 8.16. The van der Waals surface area contributed by atoms with Gasteiger partial charge >= 0.3 is 0 Å². The van der Waals surface area contributed by atoms with Gasteiger partial charge in [0.15, 0.2) is 11.6 Å². The molecule has 2 fully saturated rings. The number of nitrogens with one attached hydrogen (secondary N) is 1. The average Bonchev–Trinajstić information content (AvgIpc) is 2.81. The summed E-state index contributed by atoms with van der Waals surface area (Å²) < 4.78 is 26.5. The molecule has 6 heteroatoms. The van der Waals surface area contributed by atoms with Gasteiger partial charge in [0.05, 0.1) is 12.6 Å². The van der Waals surface area contributed by atoms with Crippen molar-refractivity contribution in [3.63, 3.8) is 0 Å². The molecule has 1 heterocycles. The molecule has 126 valence electrons. The van der Waals surface area contributed by atoms with Crippen LogP contribution < -0.4 is 5.32 Å². The number of benzene rings is 1. The number of rotatable bonds is 5. The molecule has 0 aromatic heterocycles. The largest absolute Gasteiger partial charge is 0.392 e. The first-order chi connectivity index (χ1) is 11.0. The quantitative estimate of drug-likeness (QED) is 0.871. The highest BCUT2D eigenvalue weighted by molar-refractivity contribution is 5.78. The number of halogens is 2. The van der Waals surface area contributed by atoms with E-state index in [0.29, 0.717) is 31.0 Å². The number of hydrogen-bond donors (Lipinski definition) is 2. The second-order valence-electron chi connectivity index (χ2n) is 6.61. The van der Waals surface area contributed by atoms with Gasteiger partial charge in [-0.2, -0.15) is 0 Å². The molecule has 1 aliphatic heterocycles. The van der Waals surface area contributed by atoms with Crippen LogP contribution in [-0.2, 0) is 4.79 Å². The van der Waals surface area contributed by atoms with Gasteiger partial charge < -0.3 is 10.4 Å². The van der Waals surface area contributed by atoms with Crippen LogP contribution in [0.15, 0.2) is 18.2 Å². The maximum atomic E-state index is 13.4. The van der Waals surface area contributed by atoms with E-state index in [1.807, 2.05) is 4.90 Å². The zero-order valence-corrected chi connectivity index (χ0v) is 13.0. The molecule has 1 aromatic rings. The Morgan fingerprint density at radius 3 is 2.74 bits per heavy atom. The highest BCUT2D eigenvalue weighted by atomic mass is 19.2. The SMILES string of the molecule is O=C(CN1C[C@H](O)C[C@@H]1c1ccc(F)c(F)c1)NCC1CCC1. The Morgan fingerprint density at radius 2 is 2.09 bits per heavy atom. The Labute approximate surface area is 134 Å². The summed E-state index contributed by atoms with van der Waals surface area (Å²) in [7, 11) is 0. The minimum absolute atomic E-state index is 0.0846. The van der Waals surface area contributed by atoms with Gasteiger partial charge in [0, 0.05) is 19.1 Å². The summed E-state index contributed by atoms with van der Waals surface area (Å²) in [4.78, 5) is 13.9. The Balaban J connectivity index is 1.61. The fourth-order valence-corrected chi connectivity index (χ4v) is 3.32. The number of aliphatic hydroxyl groups is 1. The zero-order chi connectivity index (χ0) is 16.4. The molecular formula is C17H22F2N2O2. The number of amides is 1. The van der Waals surface area contributed by atoms with Crippen molar-refractivity contribution >= 4 is 5.91 Å². The topological polar surface area (TPSA) is 52.6 Å². The van der Waals surface area contributed by atoms with Crippen molar-refractivity contribution in [3.8, 4) is 0 Å². The number of aliphatic hydroxyl groups excluding tert-OH is 1. The van der Waals surface area contributed by atoms with E-state index < -0.39 is 17.7 Å². The smallest absolute Gasteiger partial charge is 0.234 e. The number of likely N-dealkylation sites (tertiary alicyclic amines) is 1. The van der Waals surface area contributed by atoms with E-state index >= 15 is 0 Å². The minimum Gasteiger partial charge on any atom is -0.392 e. The van der Waals surface area contributed by atoms with Crippen LogP contribution in [0.25, 0.3) is 0 Å². The predicted octanol–water partition coefficient (Wildman–Crippen LogP) is 1.99. The summed E-state index contributed by atoms with van der Waals surface area (Å²) in [5.74, 6) is -1.29. The predicted molar refractivity (Wildman–Crippen MR) is 81.6 cm³/mol. The van der Waals surface area contributed by atoms with Crippen molar-refractivity contribution in [1.82, 2.24) is 10.2 Å². The van der Waals surface area contributed by atoms with Gasteiger partial charge in [0.25, 0.3) is 0 Å². The molecule has 23 heavy (non-hydrogen) atoms. The van der Waals surface area contributed by atoms with Crippen LogP contribution in [-0.4, -0.2) is 41.7 Å². The van der Waals surface area contributed by atoms with Gasteiger partial charge in [-0.15, -0.1) is 0 Å². The number of β-amino-alcohol motifs (C(OH)–C–C–N with tert-alkyl or cyclic N) is 1. The van der Waals surface area contributed by atoms with Crippen LogP contribution >= 0.6 is 0 Å². The van der Waals surface area contributed by atoms with Crippen molar-refractivity contribution in [3.05, 3.63) is 35.4 Å². The van der Waals surface area contributed by atoms with Crippen LogP contribution in [0.5, 0.6) is 0 Å². The molecule has 0 unspecified atom stereocenters. The summed E-state index contributed by atoms with van der Waals surface area (Å²) in [6, 6.07) is 3.48. The van der Waals surface area contributed by atoms with Crippen LogP contribution in [0.2, 0.25) is 0 Å². The standard InChI is InChI=1S/C17H22F2N2O2/c18-14-5-4-12(6-15(14)19)16-7-13(22)9-21(16)10-17(23)20-8-11-2-1-3-11/h4-6,11,13,16,22H,1-3,7-10H2,(H,20,23)/t13-,16-/m1/s1. The molecule has 2 atom stereocenters. The summed E-state index contributed by atoms with van der Waals surface area (Å²) >= 11 is 0. The van der Waals surface area contributed by atoms with Gasteiger partial charge in [-0.3, -0.25) is 9.69 Å². The molecule has 0 radical (unpaired) electrons. The van der Waals surface area contributed by atoms with Gasteiger partial charge in [-0.25, -0.2) is 8.78 Å². The normalized spacial score (nSPS) is 25.3. The van der Waals surface area contributed by atoms with E-state index in [2.05, 4.69) is 5.32 Å². The fourth-order valence-electron chi connectivity index (χ4n) is 3.32. The summed E-state index contributed by atoms with van der Waals surface area (Å²) in [5.41, 5.74) is 0.590. The molecule has 1 amide bonds. The van der Waals surface area contributed by atoms with E-state index in [-0.39, 0.29) is 18.5 Å². The maximum Gasteiger partial charge on any atom is 0.234 e. The summed E-state index contributed by atoms with van der Waals surface area (Å²) in [5, 5.41) is 12.8.